The molecule has 4 aromatic rings. The molecule has 0 unspecified atom stereocenters. The van der Waals surface area contributed by atoms with Crippen molar-refractivity contribution in [2.75, 3.05) is 5.32 Å². The zero-order valence-electron chi connectivity index (χ0n) is 15.7. The van der Waals surface area contributed by atoms with Gasteiger partial charge in [0, 0.05) is 36.9 Å². The van der Waals surface area contributed by atoms with Crippen LogP contribution in [0.15, 0.2) is 78.1 Å². The van der Waals surface area contributed by atoms with E-state index in [4.69, 9.17) is 11.6 Å². The maximum atomic E-state index is 12.8. The minimum Gasteiger partial charge on any atom is -0.334 e. The Hall–Kier alpha value is -3.91. The quantitative estimate of drug-likeness (QED) is 0.458. The first kappa shape index (κ1) is 19.4. The largest absolute Gasteiger partial charge is 0.334 e. The van der Waals surface area contributed by atoms with Crippen molar-refractivity contribution in [2.24, 2.45) is 0 Å². The fourth-order valence-corrected chi connectivity index (χ4v) is 3.06. The minimum atomic E-state index is -0.391. The average Bonchev–Trinajstić information content (AvgIpc) is 3.16. The fraction of sp³-hybridized carbons (Fsp3) is 0.0476. The van der Waals surface area contributed by atoms with Crippen LogP contribution in [0.2, 0.25) is 5.02 Å². The molecule has 0 aliphatic carbocycles. The number of hydrogen-bond acceptors (Lipinski definition) is 4. The Balaban J connectivity index is 1.47. The number of hydrogen-bond donors (Lipinski definition) is 3. The molecule has 2 amide bonds. The molecular weight excluding hydrogens is 404 g/mol. The topological polar surface area (TPSA) is 105 Å². The highest BCUT2D eigenvalue weighted by molar-refractivity contribution is 6.33. The third kappa shape index (κ3) is 4.23. The molecule has 1 aromatic carbocycles. The summed E-state index contributed by atoms with van der Waals surface area (Å²) in [4.78, 5) is 33.2. The molecule has 30 heavy (non-hydrogen) atoms. The van der Waals surface area contributed by atoms with Gasteiger partial charge in [0.05, 0.1) is 16.3 Å². The summed E-state index contributed by atoms with van der Waals surface area (Å²) in [7, 11) is 0. The number of pyridine rings is 2. The molecule has 3 N–H and O–H groups in total. The van der Waals surface area contributed by atoms with E-state index in [2.05, 4.69) is 25.7 Å². The van der Waals surface area contributed by atoms with Crippen molar-refractivity contribution < 1.29 is 4.79 Å². The number of H-pyrrole nitrogens is 1. The Morgan fingerprint density at radius 1 is 1.13 bits per heavy atom. The first-order chi connectivity index (χ1) is 14.6. The zero-order valence-corrected chi connectivity index (χ0v) is 16.4. The van der Waals surface area contributed by atoms with Gasteiger partial charge in [0.25, 0.3) is 5.56 Å². The van der Waals surface area contributed by atoms with Crippen molar-refractivity contribution in [3.8, 4) is 16.9 Å². The molecule has 0 aliphatic rings. The van der Waals surface area contributed by atoms with Crippen LogP contribution in [0.5, 0.6) is 0 Å². The van der Waals surface area contributed by atoms with E-state index in [1.54, 1.807) is 67.3 Å². The number of aromatic amines is 1. The van der Waals surface area contributed by atoms with E-state index in [9.17, 15) is 9.59 Å². The lowest BCUT2D eigenvalue weighted by Gasteiger charge is -2.09. The predicted molar refractivity (Wildman–Crippen MR) is 115 cm³/mol. The van der Waals surface area contributed by atoms with E-state index in [0.29, 0.717) is 27.7 Å². The van der Waals surface area contributed by atoms with Gasteiger partial charge in [-0.1, -0.05) is 29.8 Å². The van der Waals surface area contributed by atoms with Gasteiger partial charge in [-0.25, -0.2) is 14.5 Å². The van der Waals surface area contributed by atoms with Gasteiger partial charge in [-0.2, -0.15) is 0 Å². The van der Waals surface area contributed by atoms with Gasteiger partial charge in [0.2, 0.25) is 0 Å². The predicted octanol–water partition coefficient (Wildman–Crippen LogP) is 3.60. The molecule has 0 bridgehead atoms. The molecule has 0 aliphatic heterocycles. The number of rotatable bonds is 5. The summed E-state index contributed by atoms with van der Waals surface area (Å²) in [6.07, 6.45) is 6.47. The van der Waals surface area contributed by atoms with Crippen molar-refractivity contribution in [1.29, 1.82) is 0 Å². The maximum absolute atomic E-state index is 12.8. The molecule has 3 heterocycles. The van der Waals surface area contributed by atoms with Crippen LogP contribution >= 0.6 is 11.6 Å². The number of carbonyl (C=O) groups is 1. The lowest BCUT2D eigenvalue weighted by atomic mass is 10.2. The van der Waals surface area contributed by atoms with Gasteiger partial charge in [-0.05, 0) is 35.9 Å². The van der Waals surface area contributed by atoms with Crippen LogP contribution in [0.1, 0.15) is 5.56 Å². The van der Waals surface area contributed by atoms with E-state index >= 15 is 0 Å². The minimum absolute atomic E-state index is 0.239. The van der Waals surface area contributed by atoms with Gasteiger partial charge in [-0.3, -0.25) is 14.9 Å². The molecule has 0 saturated heterocycles. The van der Waals surface area contributed by atoms with E-state index in [-0.39, 0.29) is 12.1 Å². The van der Waals surface area contributed by atoms with Gasteiger partial charge >= 0.3 is 6.03 Å². The van der Waals surface area contributed by atoms with Gasteiger partial charge < -0.3 is 10.6 Å². The molecule has 3 aromatic heterocycles. The molecule has 150 valence electrons. The van der Waals surface area contributed by atoms with Crippen LogP contribution < -0.4 is 16.2 Å². The first-order valence-electron chi connectivity index (χ1n) is 9.07. The zero-order chi connectivity index (χ0) is 20.9. The monoisotopic (exact) mass is 420 g/mol. The van der Waals surface area contributed by atoms with Crippen LogP contribution in [-0.4, -0.2) is 25.8 Å². The number of nitrogens with zero attached hydrogens (tertiary/aromatic N) is 3. The smallest absolute Gasteiger partial charge is 0.319 e. The molecule has 0 saturated carbocycles. The third-order valence-corrected chi connectivity index (χ3v) is 4.69. The summed E-state index contributed by atoms with van der Waals surface area (Å²) in [5, 5.41) is 8.82. The Bertz CT molecular complexity index is 1240. The second-order valence-corrected chi connectivity index (χ2v) is 6.79. The second-order valence-electron chi connectivity index (χ2n) is 6.38. The lowest BCUT2D eigenvalue weighted by molar-refractivity contribution is 0.251. The van der Waals surface area contributed by atoms with E-state index in [1.807, 2.05) is 6.07 Å². The highest BCUT2D eigenvalue weighted by Gasteiger charge is 2.11. The average molecular weight is 421 g/mol. The third-order valence-electron chi connectivity index (χ3n) is 4.36. The summed E-state index contributed by atoms with van der Waals surface area (Å²) < 4.78 is 1.34. The number of aromatic nitrogens is 4. The molecule has 0 fully saturated rings. The molecule has 0 spiro atoms. The highest BCUT2D eigenvalue weighted by atomic mass is 35.5. The van der Waals surface area contributed by atoms with Crippen LogP contribution in [0, 0.1) is 0 Å². The van der Waals surface area contributed by atoms with Crippen molar-refractivity contribution in [3.63, 3.8) is 0 Å². The SMILES string of the molecule is O=C(NCc1ccnc(-n2[nH]cc(-c3cccnc3)c2=O)c1)Nc1ccccc1Cl. The molecule has 8 nitrogen and oxygen atoms in total. The molecule has 9 heteroatoms. The number of amides is 2. The Morgan fingerprint density at radius 2 is 2.00 bits per heavy atom. The number of carbonyl (C=O) groups excluding carboxylic acids is 1. The standard InChI is InChI=1S/C21H17ClN6O2/c22-17-5-1-2-6-18(17)27-21(30)25-11-14-7-9-24-19(10-14)28-20(29)16(13-26-28)15-4-3-8-23-12-15/h1-10,12-13,26H,11H2,(H2,25,27,30). The Kier molecular flexibility index (Phi) is 5.58. The van der Waals surface area contributed by atoms with Crippen LogP contribution in [-0.2, 0) is 6.54 Å². The normalized spacial score (nSPS) is 10.6. The number of para-hydroxylation sites is 1. The van der Waals surface area contributed by atoms with Gasteiger partial charge in [0.15, 0.2) is 5.82 Å². The first-order valence-corrected chi connectivity index (χ1v) is 9.45. The van der Waals surface area contributed by atoms with Crippen LogP contribution in [0.25, 0.3) is 16.9 Å². The van der Waals surface area contributed by atoms with Gasteiger partial charge in [-0.15, -0.1) is 0 Å². The maximum Gasteiger partial charge on any atom is 0.319 e. The Morgan fingerprint density at radius 3 is 2.80 bits per heavy atom. The Labute approximate surface area is 176 Å². The van der Waals surface area contributed by atoms with Crippen LogP contribution in [0.3, 0.4) is 0 Å². The van der Waals surface area contributed by atoms with E-state index < -0.39 is 6.03 Å². The number of halogens is 1. The van der Waals surface area contributed by atoms with Crippen molar-refractivity contribution in [3.05, 3.63) is 94.3 Å². The number of benzene rings is 1. The summed E-state index contributed by atoms with van der Waals surface area (Å²) in [6.45, 7) is 0.247. The molecular formula is C21H17ClN6O2. The van der Waals surface area contributed by atoms with Crippen molar-refractivity contribution in [2.45, 2.75) is 6.54 Å². The summed E-state index contributed by atoms with van der Waals surface area (Å²) >= 11 is 6.04. The van der Waals surface area contributed by atoms with E-state index in [0.717, 1.165) is 5.56 Å². The second kappa shape index (κ2) is 8.62. The number of urea groups is 1. The van der Waals surface area contributed by atoms with Crippen molar-refractivity contribution in [1.82, 2.24) is 25.1 Å². The summed E-state index contributed by atoms with van der Waals surface area (Å²) in [5.41, 5.74) is 2.27. The van der Waals surface area contributed by atoms with Crippen LogP contribution in [0.4, 0.5) is 10.5 Å². The lowest BCUT2D eigenvalue weighted by Crippen LogP contribution is -2.28. The molecule has 4 rings (SSSR count). The number of anilines is 1. The summed E-state index contributed by atoms with van der Waals surface area (Å²) in [5.74, 6) is 0.418. The molecule has 0 atom stereocenters. The fourth-order valence-electron chi connectivity index (χ4n) is 2.87. The van der Waals surface area contributed by atoms with Crippen molar-refractivity contribution >= 4 is 23.3 Å². The number of nitrogens with one attached hydrogen (secondary N) is 3. The van der Waals surface area contributed by atoms with Gasteiger partial charge in [0.1, 0.15) is 0 Å². The molecule has 0 radical (unpaired) electrons. The highest BCUT2D eigenvalue weighted by Crippen LogP contribution is 2.20. The summed E-state index contributed by atoms with van der Waals surface area (Å²) in [6, 6.07) is 13.6. The van der Waals surface area contributed by atoms with E-state index in [1.165, 1.54) is 4.68 Å².